The summed E-state index contributed by atoms with van der Waals surface area (Å²) in [6.07, 6.45) is 25.8. The molecule has 59 heavy (non-hydrogen) atoms. The van der Waals surface area contributed by atoms with Gasteiger partial charge in [0.2, 0.25) is 0 Å². The van der Waals surface area contributed by atoms with Gasteiger partial charge in [0, 0.05) is 0 Å². The zero-order chi connectivity index (χ0) is 41.1. The van der Waals surface area contributed by atoms with Gasteiger partial charge < -0.3 is 16.0 Å². The van der Waals surface area contributed by atoms with E-state index in [2.05, 4.69) is 106 Å². The average Bonchev–Trinajstić information content (AvgIpc) is 3.09. The molecule has 12 saturated carbocycles. The Hall–Kier alpha value is -2.01. The van der Waals surface area contributed by atoms with Crippen molar-refractivity contribution in [2.24, 2.45) is 53.3 Å². The van der Waals surface area contributed by atoms with E-state index in [1.54, 1.807) is 0 Å². The fraction of sp³-hybridized carbons (Fsp3) is 0.667. The van der Waals surface area contributed by atoms with Crippen molar-refractivity contribution in [1.82, 2.24) is 0 Å². The summed E-state index contributed by atoms with van der Waals surface area (Å²) in [5.41, 5.74) is 12.8. The summed E-state index contributed by atoms with van der Waals surface area (Å²) in [5, 5.41) is 15.8. The minimum atomic E-state index is 0.314. The predicted molar refractivity (Wildman–Crippen MR) is 247 cm³/mol. The standard InChI is InChI=1S/3C18H24N.S.V/c3*1-12-3-13(2)5-17(4-12)19-18-9-14-6-15(10-18)8-16(7-14)11-18;;/h3*3-5,14-16H,6-11H2,1-2H3;;/q3*-1;+1;. The van der Waals surface area contributed by atoms with Gasteiger partial charge in [-0.05, 0) is 153 Å². The van der Waals surface area contributed by atoms with E-state index in [0.717, 1.165) is 53.3 Å². The van der Waals surface area contributed by atoms with Crippen molar-refractivity contribution in [3.63, 3.8) is 0 Å². The molecule has 0 aromatic heterocycles. The topological polar surface area (TPSA) is 42.3 Å². The van der Waals surface area contributed by atoms with Gasteiger partial charge in [-0.1, -0.05) is 146 Å². The second-order valence-corrected chi connectivity index (χ2v) is 22.8. The predicted octanol–water partition coefficient (Wildman–Crippen LogP) is 15.8. The number of hydrogen-bond acceptors (Lipinski definition) is 0. The van der Waals surface area contributed by atoms with E-state index in [9.17, 15) is 0 Å². The second-order valence-electron chi connectivity index (χ2n) is 22.8. The SMILES string of the molecule is Cc1cc(C)cc([N-]C23CC4CC(CC(C4)C2)C3)c1.Cc1cc(C)cc([N-]C23CC4CC(CC(C4)C2)C3)c1.Cc1cc(C)cc([N-]C23CC4CC(CC(C4)C2)C3)c1.[S+]#[V]. The molecule has 3 aromatic rings. The van der Waals surface area contributed by atoms with Crippen molar-refractivity contribution in [2.45, 2.75) is 174 Å². The Morgan fingerprint density at radius 1 is 0.322 bits per heavy atom. The van der Waals surface area contributed by atoms with Crippen LogP contribution in [0.1, 0.15) is 149 Å². The van der Waals surface area contributed by atoms with E-state index >= 15 is 0 Å². The van der Waals surface area contributed by atoms with Crippen LogP contribution in [0.4, 0.5) is 17.1 Å². The zero-order valence-corrected chi connectivity index (χ0v) is 39.5. The third-order valence-corrected chi connectivity index (χ3v) is 16.7. The molecule has 316 valence electrons. The third kappa shape index (κ3) is 9.66. The summed E-state index contributed by atoms with van der Waals surface area (Å²) in [6, 6.07) is 20.4. The fourth-order valence-electron chi connectivity index (χ4n) is 16.5. The Bertz CT molecular complexity index is 1620. The van der Waals surface area contributed by atoms with Crippen LogP contribution in [0.5, 0.6) is 0 Å². The van der Waals surface area contributed by atoms with Crippen molar-refractivity contribution in [3.8, 4) is 0 Å². The van der Waals surface area contributed by atoms with Crippen LogP contribution in [0.2, 0.25) is 0 Å². The fourth-order valence-corrected chi connectivity index (χ4v) is 16.5. The first kappa shape index (κ1) is 42.3. The van der Waals surface area contributed by atoms with E-state index in [-0.39, 0.29) is 0 Å². The van der Waals surface area contributed by atoms with Crippen LogP contribution in [0.3, 0.4) is 0 Å². The van der Waals surface area contributed by atoms with Gasteiger partial charge in [-0.25, -0.2) is 0 Å². The molecule has 5 heteroatoms. The third-order valence-electron chi connectivity index (χ3n) is 16.7. The molecule has 0 saturated heterocycles. The molecule has 3 nitrogen and oxygen atoms in total. The van der Waals surface area contributed by atoms with Crippen molar-refractivity contribution in [3.05, 3.63) is 104 Å². The molecule has 12 aliphatic carbocycles. The number of aryl methyl sites for hydroxylation is 6. The first-order valence-electron chi connectivity index (χ1n) is 23.9. The number of benzene rings is 3. The van der Waals surface area contributed by atoms with Gasteiger partial charge in [-0.2, -0.15) is 0 Å². The zero-order valence-electron chi connectivity index (χ0n) is 37.3. The van der Waals surface area contributed by atoms with E-state index in [0.29, 0.717) is 16.6 Å². The molecule has 0 spiro atoms. The van der Waals surface area contributed by atoms with Crippen LogP contribution >= 0.6 is 0 Å². The van der Waals surface area contributed by atoms with Gasteiger partial charge in [-0.15, -0.1) is 33.7 Å². The van der Waals surface area contributed by atoms with Gasteiger partial charge >= 0.3 is 25.5 Å². The molecule has 0 unspecified atom stereocenters. The molecular weight excluding hydrogens is 774 g/mol. The molecule has 12 aliphatic rings. The molecule has 12 bridgehead atoms. The summed E-state index contributed by atoms with van der Waals surface area (Å²) in [5.74, 6) is 8.88. The van der Waals surface area contributed by atoms with E-state index in [1.165, 1.54) is 166 Å². The molecule has 0 atom stereocenters. The molecule has 0 amide bonds. The van der Waals surface area contributed by atoms with Crippen molar-refractivity contribution in [2.75, 3.05) is 0 Å². The maximum absolute atomic E-state index is 5.27. The Morgan fingerprint density at radius 2 is 0.475 bits per heavy atom. The van der Waals surface area contributed by atoms with Crippen LogP contribution < -0.4 is 0 Å². The van der Waals surface area contributed by atoms with Crippen LogP contribution in [-0.4, -0.2) is 16.6 Å². The molecule has 0 radical (unpaired) electrons. The van der Waals surface area contributed by atoms with E-state index in [1.807, 2.05) is 15.5 Å². The first-order chi connectivity index (χ1) is 28.3. The van der Waals surface area contributed by atoms with E-state index in [4.69, 9.17) is 16.0 Å². The van der Waals surface area contributed by atoms with Crippen LogP contribution in [0.25, 0.3) is 16.0 Å². The van der Waals surface area contributed by atoms with Crippen LogP contribution in [0, 0.1) is 94.8 Å². The Morgan fingerprint density at radius 3 is 0.627 bits per heavy atom. The molecule has 0 heterocycles. The molecule has 0 aliphatic heterocycles. The summed E-state index contributed by atoms with van der Waals surface area (Å²) >= 11 is 1.90. The van der Waals surface area contributed by atoms with Gasteiger partial charge in [0.25, 0.3) is 0 Å². The first-order valence-corrected chi connectivity index (χ1v) is 26.0. The van der Waals surface area contributed by atoms with Gasteiger partial charge in [-0.3, -0.25) is 0 Å². The van der Waals surface area contributed by atoms with Crippen molar-refractivity contribution in [1.29, 1.82) is 0 Å². The Kier molecular flexibility index (Phi) is 12.1. The summed E-state index contributed by atoms with van der Waals surface area (Å²) < 4.78 is 0. The quantitative estimate of drug-likeness (QED) is 0.222. The van der Waals surface area contributed by atoms with Crippen molar-refractivity contribution >= 4 is 27.1 Å². The molecule has 15 rings (SSSR count). The van der Waals surface area contributed by atoms with Crippen LogP contribution in [0.15, 0.2) is 54.6 Å². The summed E-state index contributed by atoms with van der Waals surface area (Å²) in [6.45, 7) is 13.1. The van der Waals surface area contributed by atoms with Crippen molar-refractivity contribution < 1.29 is 15.5 Å². The Labute approximate surface area is 371 Å². The van der Waals surface area contributed by atoms with Gasteiger partial charge in [0.05, 0.1) is 0 Å². The van der Waals surface area contributed by atoms with Gasteiger partial charge in [0.1, 0.15) is 0 Å². The van der Waals surface area contributed by atoms with Crippen LogP contribution in [-0.2, 0) is 25.5 Å². The molecular formula is C54H72N3SV-2. The Balaban J connectivity index is 0.000000112. The average molecular weight is 846 g/mol. The number of rotatable bonds is 6. The summed E-state index contributed by atoms with van der Waals surface area (Å²) in [7, 11) is 4.02. The van der Waals surface area contributed by atoms with Gasteiger partial charge in [0.15, 0.2) is 0 Å². The number of nitrogens with zero attached hydrogens (tertiary/aromatic N) is 3. The maximum atomic E-state index is 5.27. The molecule has 3 aromatic carbocycles. The molecule has 12 fully saturated rings. The van der Waals surface area contributed by atoms with E-state index < -0.39 is 0 Å². The normalized spacial score (nSPS) is 38.3. The summed E-state index contributed by atoms with van der Waals surface area (Å²) in [4.78, 5) is 0. The number of hydrogen-bond donors (Lipinski definition) is 0. The minimum absolute atomic E-state index is 0.314. The monoisotopic (exact) mass is 845 g/mol. The molecule has 0 N–H and O–H groups in total. The second kappa shape index (κ2) is 16.9.